The van der Waals surface area contributed by atoms with Gasteiger partial charge in [-0.2, -0.15) is 0 Å². The van der Waals surface area contributed by atoms with Crippen LogP contribution in [0.15, 0.2) is 48.5 Å². The second kappa shape index (κ2) is 5.93. The van der Waals surface area contributed by atoms with Crippen LogP contribution in [-0.4, -0.2) is 16.1 Å². The van der Waals surface area contributed by atoms with E-state index in [0.717, 1.165) is 11.1 Å². The standard InChI is InChI=1S/C16H15NO3/c1-11-10-14(19)7-8-15(11)17-16(20)9-4-12-2-5-13(18)6-3-12/h2-10,18-19H,1H3,(H,17,20)/b9-4+. The molecule has 20 heavy (non-hydrogen) atoms. The Kier molecular flexibility index (Phi) is 4.05. The van der Waals surface area contributed by atoms with Gasteiger partial charge in [0, 0.05) is 11.8 Å². The van der Waals surface area contributed by atoms with Gasteiger partial charge >= 0.3 is 0 Å². The van der Waals surface area contributed by atoms with Crippen molar-refractivity contribution in [2.75, 3.05) is 5.32 Å². The van der Waals surface area contributed by atoms with Crippen LogP contribution in [0.1, 0.15) is 11.1 Å². The van der Waals surface area contributed by atoms with Crippen LogP contribution in [0.25, 0.3) is 6.08 Å². The Morgan fingerprint density at radius 2 is 1.70 bits per heavy atom. The average Bonchev–Trinajstić information content (AvgIpc) is 2.41. The molecule has 0 spiro atoms. The van der Waals surface area contributed by atoms with Crippen LogP contribution >= 0.6 is 0 Å². The smallest absolute Gasteiger partial charge is 0.248 e. The summed E-state index contributed by atoms with van der Waals surface area (Å²) in [4.78, 5) is 11.8. The number of nitrogens with one attached hydrogen (secondary N) is 1. The first-order valence-electron chi connectivity index (χ1n) is 6.12. The zero-order chi connectivity index (χ0) is 14.5. The molecule has 2 aromatic carbocycles. The number of hydrogen-bond donors (Lipinski definition) is 3. The number of phenols is 2. The van der Waals surface area contributed by atoms with Crippen LogP contribution in [0.2, 0.25) is 0 Å². The van der Waals surface area contributed by atoms with Crippen molar-refractivity contribution in [3.63, 3.8) is 0 Å². The second-order valence-electron chi connectivity index (χ2n) is 4.41. The molecule has 1 amide bonds. The van der Waals surface area contributed by atoms with Gasteiger partial charge in [0.05, 0.1) is 0 Å². The van der Waals surface area contributed by atoms with Gasteiger partial charge in [-0.15, -0.1) is 0 Å². The highest BCUT2D eigenvalue weighted by Gasteiger charge is 2.02. The lowest BCUT2D eigenvalue weighted by molar-refractivity contribution is -0.111. The van der Waals surface area contributed by atoms with Crippen LogP contribution < -0.4 is 5.32 Å². The molecule has 0 aliphatic heterocycles. The maximum Gasteiger partial charge on any atom is 0.248 e. The van der Waals surface area contributed by atoms with Crippen LogP contribution in [0.3, 0.4) is 0 Å². The average molecular weight is 269 g/mol. The molecule has 0 atom stereocenters. The maximum atomic E-state index is 11.8. The zero-order valence-corrected chi connectivity index (χ0v) is 11.0. The molecule has 4 nitrogen and oxygen atoms in total. The molecule has 0 saturated carbocycles. The summed E-state index contributed by atoms with van der Waals surface area (Å²) < 4.78 is 0. The Bertz CT molecular complexity index is 645. The number of amides is 1. The molecule has 0 radical (unpaired) electrons. The maximum absolute atomic E-state index is 11.8. The molecule has 0 saturated heterocycles. The van der Waals surface area contributed by atoms with Crippen molar-refractivity contribution in [3.05, 3.63) is 59.7 Å². The van der Waals surface area contributed by atoms with E-state index in [9.17, 15) is 9.90 Å². The van der Waals surface area contributed by atoms with E-state index in [1.807, 2.05) is 0 Å². The largest absolute Gasteiger partial charge is 0.508 e. The first-order chi connectivity index (χ1) is 9.54. The SMILES string of the molecule is Cc1cc(O)ccc1NC(=O)/C=C/c1ccc(O)cc1. The Morgan fingerprint density at radius 1 is 1.05 bits per heavy atom. The quantitative estimate of drug-likeness (QED) is 0.592. The Morgan fingerprint density at radius 3 is 2.35 bits per heavy atom. The number of carbonyl (C=O) groups is 1. The van der Waals surface area contributed by atoms with Crippen LogP contribution in [0.4, 0.5) is 5.69 Å². The third kappa shape index (κ3) is 3.62. The van der Waals surface area contributed by atoms with Gasteiger partial charge < -0.3 is 15.5 Å². The monoisotopic (exact) mass is 269 g/mol. The molecule has 0 aliphatic rings. The van der Waals surface area contributed by atoms with E-state index >= 15 is 0 Å². The summed E-state index contributed by atoms with van der Waals surface area (Å²) >= 11 is 0. The van der Waals surface area contributed by atoms with Crippen molar-refractivity contribution >= 4 is 17.7 Å². The summed E-state index contributed by atoms with van der Waals surface area (Å²) in [5, 5.41) is 21.2. The lowest BCUT2D eigenvalue weighted by atomic mass is 10.2. The summed E-state index contributed by atoms with van der Waals surface area (Å²) in [6.07, 6.45) is 3.07. The number of anilines is 1. The highest BCUT2D eigenvalue weighted by molar-refractivity contribution is 6.02. The lowest BCUT2D eigenvalue weighted by Gasteiger charge is -2.06. The zero-order valence-electron chi connectivity index (χ0n) is 11.0. The molecule has 102 valence electrons. The highest BCUT2D eigenvalue weighted by Crippen LogP contribution is 2.20. The molecule has 0 fully saturated rings. The predicted octanol–water partition coefficient (Wildman–Crippen LogP) is 3.06. The van der Waals surface area contributed by atoms with Crippen molar-refractivity contribution in [1.29, 1.82) is 0 Å². The summed E-state index contributed by atoms with van der Waals surface area (Å²) in [5.74, 6) is 0.0957. The van der Waals surface area contributed by atoms with E-state index < -0.39 is 0 Å². The molecule has 3 N–H and O–H groups in total. The first kappa shape index (κ1) is 13.7. The van der Waals surface area contributed by atoms with E-state index in [1.54, 1.807) is 49.4 Å². The van der Waals surface area contributed by atoms with Gasteiger partial charge in [-0.1, -0.05) is 12.1 Å². The fraction of sp³-hybridized carbons (Fsp3) is 0.0625. The Hall–Kier alpha value is -2.75. The molecule has 0 aromatic heterocycles. The topological polar surface area (TPSA) is 69.6 Å². The summed E-state index contributed by atoms with van der Waals surface area (Å²) in [5.41, 5.74) is 2.26. The van der Waals surface area contributed by atoms with Gasteiger partial charge in [0.15, 0.2) is 0 Å². The highest BCUT2D eigenvalue weighted by atomic mass is 16.3. The molecular weight excluding hydrogens is 254 g/mol. The minimum atomic E-state index is -0.258. The summed E-state index contributed by atoms with van der Waals surface area (Å²) in [6.45, 7) is 1.80. The minimum Gasteiger partial charge on any atom is -0.508 e. The fourth-order valence-corrected chi connectivity index (χ4v) is 1.72. The number of benzene rings is 2. The number of rotatable bonds is 3. The molecule has 0 bridgehead atoms. The predicted molar refractivity (Wildman–Crippen MR) is 78.6 cm³/mol. The van der Waals surface area contributed by atoms with Crippen molar-refractivity contribution in [2.45, 2.75) is 6.92 Å². The van der Waals surface area contributed by atoms with E-state index in [-0.39, 0.29) is 17.4 Å². The van der Waals surface area contributed by atoms with Crippen molar-refractivity contribution in [1.82, 2.24) is 0 Å². The number of aryl methyl sites for hydroxylation is 1. The van der Waals surface area contributed by atoms with E-state index in [0.29, 0.717) is 5.69 Å². The molecule has 0 aliphatic carbocycles. The number of hydrogen-bond acceptors (Lipinski definition) is 3. The minimum absolute atomic E-state index is 0.167. The van der Waals surface area contributed by atoms with Gasteiger partial charge in [0.25, 0.3) is 0 Å². The summed E-state index contributed by atoms with van der Waals surface area (Å²) in [6, 6.07) is 11.3. The van der Waals surface area contributed by atoms with Crippen LogP contribution in [0, 0.1) is 6.92 Å². The Balaban J connectivity index is 2.03. The normalized spacial score (nSPS) is 10.7. The van der Waals surface area contributed by atoms with E-state index in [1.165, 1.54) is 12.1 Å². The fourth-order valence-electron chi connectivity index (χ4n) is 1.72. The second-order valence-corrected chi connectivity index (χ2v) is 4.41. The van der Waals surface area contributed by atoms with Crippen LogP contribution in [-0.2, 0) is 4.79 Å². The van der Waals surface area contributed by atoms with Crippen molar-refractivity contribution in [3.8, 4) is 11.5 Å². The van der Waals surface area contributed by atoms with E-state index in [2.05, 4.69) is 5.32 Å². The van der Waals surface area contributed by atoms with E-state index in [4.69, 9.17) is 5.11 Å². The Labute approximate surface area is 117 Å². The molecule has 4 heteroatoms. The summed E-state index contributed by atoms with van der Waals surface area (Å²) in [7, 11) is 0. The van der Waals surface area contributed by atoms with Gasteiger partial charge in [-0.05, 0) is 54.5 Å². The number of carbonyl (C=O) groups excluding carboxylic acids is 1. The van der Waals surface area contributed by atoms with Gasteiger partial charge in [-0.3, -0.25) is 4.79 Å². The molecule has 2 aromatic rings. The lowest BCUT2D eigenvalue weighted by Crippen LogP contribution is -2.08. The van der Waals surface area contributed by atoms with Crippen molar-refractivity contribution in [2.24, 2.45) is 0 Å². The van der Waals surface area contributed by atoms with Gasteiger partial charge in [0.1, 0.15) is 11.5 Å². The third-order valence-corrected chi connectivity index (χ3v) is 2.79. The molecule has 0 heterocycles. The molecule has 2 rings (SSSR count). The number of phenolic OH excluding ortho intramolecular Hbond substituents is 2. The molecule has 0 unspecified atom stereocenters. The molecular formula is C16H15NO3. The van der Waals surface area contributed by atoms with Crippen molar-refractivity contribution < 1.29 is 15.0 Å². The number of aromatic hydroxyl groups is 2. The van der Waals surface area contributed by atoms with Gasteiger partial charge in [-0.25, -0.2) is 0 Å². The van der Waals surface area contributed by atoms with Crippen LogP contribution in [0.5, 0.6) is 11.5 Å². The first-order valence-corrected chi connectivity index (χ1v) is 6.12. The van der Waals surface area contributed by atoms with Gasteiger partial charge in [0.2, 0.25) is 5.91 Å². The third-order valence-electron chi connectivity index (χ3n) is 2.79.